The number of piperidine rings is 1. The number of nitrogens with zero attached hydrogens (tertiary/aromatic N) is 2. The molecule has 0 bridgehead atoms. The van der Waals surface area contributed by atoms with E-state index in [9.17, 15) is 9.90 Å². The van der Waals surface area contributed by atoms with Gasteiger partial charge < -0.3 is 5.11 Å². The average Bonchev–Trinajstić information content (AvgIpc) is 2.95. The van der Waals surface area contributed by atoms with Gasteiger partial charge in [-0.05, 0) is 25.7 Å². The van der Waals surface area contributed by atoms with Gasteiger partial charge in [0.15, 0.2) is 0 Å². The van der Waals surface area contributed by atoms with Gasteiger partial charge in [-0.1, -0.05) is 19.3 Å². The van der Waals surface area contributed by atoms with Crippen LogP contribution >= 0.6 is 11.3 Å². The molecular formula is C15H22N2O2S. The molecule has 5 heteroatoms. The van der Waals surface area contributed by atoms with Crippen LogP contribution < -0.4 is 0 Å². The lowest BCUT2D eigenvalue weighted by atomic mass is 9.72. The summed E-state index contributed by atoms with van der Waals surface area (Å²) in [6, 6.07) is 0. The Bertz CT molecular complexity index is 454. The SMILES string of the molecule is O=C(O)C1CCC2(CCCCC2)N(Cc2nccs2)C1. The van der Waals surface area contributed by atoms with Crippen molar-refractivity contribution >= 4 is 17.3 Å². The van der Waals surface area contributed by atoms with Crippen molar-refractivity contribution in [2.24, 2.45) is 5.92 Å². The molecule has 1 aliphatic heterocycles. The number of carboxylic acid groups (broad SMARTS) is 1. The number of aromatic nitrogens is 1. The van der Waals surface area contributed by atoms with E-state index < -0.39 is 5.97 Å². The molecule has 1 saturated heterocycles. The van der Waals surface area contributed by atoms with Gasteiger partial charge >= 0.3 is 5.97 Å². The second kappa shape index (κ2) is 5.82. The molecule has 1 unspecified atom stereocenters. The monoisotopic (exact) mass is 294 g/mol. The fraction of sp³-hybridized carbons (Fsp3) is 0.733. The minimum Gasteiger partial charge on any atom is -0.481 e. The number of thiazole rings is 1. The van der Waals surface area contributed by atoms with Crippen molar-refractivity contribution in [1.29, 1.82) is 0 Å². The van der Waals surface area contributed by atoms with Gasteiger partial charge in [0.05, 0.1) is 12.5 Å². The van der Waals surface area contributed by atoms with E-state index >= 15 is 0 Å². The van der Waals surface area contributed by atoms with Crippen LogP contribution in [-0.4, -0.2) is 33.0 Å². The summed E-state index contributed by atoms with van der Waals surface area (Å²) in [4.78, 5) is 18.2. The Balaban J connectivity index is 1.79. The number of hydrogen-bond donors (Lipinski definition) is 1. The molecule has 1 aliphatic carbocycles. The molecule has 20 heavy (non-hydrogen) atoms. The standard InChI is InChI=1S/C15H22N2O2S/c18-14(19)12-4-7-15(5-2-1-3-6-15)17(10-12)11-13-16-8-9-20-13/h8-9,12H,1-7,10-11H2,(H,18,19). The highest BCUT2D eigenvalue weighted by Gasteiger charge is 2.43. The fourth-order valence-electron chi connectivity index (χ4n) is 3.86. The molecule has 1 aromatic rings. The summed E-state index contributed by atoms with van der Waals surface area (Å²) in [6.07, 6.45) is 10.1. The Morgan fingerprint density at radius 2 is 2.20 bits per heavy atom. The van der Waals surface area contributed by atoms with E-state index in [1.54, 1.807) is 11.3 Å². The summed E-state index contributed by atoms with van der Waals surface area (Å²) in [5, 5.41) is 12.4. The van der Waals surface area contributed by atoms with E-state index in [0.717, 1.165) is 24.4 Å². The number of likely N-dealkylation sites (tertiary alicyclic amines) is 1. The first-order valence-electron chi connectivity index (χ1n) is 7.56. The number of carbonyl (C=O) groups is 1. The second-order valence-corrected chi connectivity index (χ2v) is 7.14. The van der Waals surface area contributed by atoms with Crippen molar-refractivity contribution < 1.29 is 9.90 Å². The van der Waals surface area contributed by atoms with Gasteiger partial charge in [0.2, 0.25) is 0 Å². The molecule has 0 aromatic carbocycles. The Kier molecular flexibility index (Phi) is 4.08. The molecule has 110 valence electrons. The highest BCUT2D eigenvalue weighted by Crippen LogP contribution is 2.42. The van der Waals surface area contributed by atoms with Gasteiger partial charge in [0.25, 0.3) is 0 Å². The minimum absolute atomic E-state index is 0.206. The predicted octanol–water partition coefficient (Wildman–Crippen LogP) is 3.14. The third-order valence-corrected chi connectivity index (χ3v) is 5.78. The van der Waals surface area contributed by atoms with E-state index in [1.165, 1.54) is 32.1 Å². The maximum Gasteiger partial charge on any atom is 0.307 e. The van der Waals surface area contributed by atoms with Crippen LogP contribution in [0.15, 0.2) is 11.6 Å². The van der Waals surface area contributed by atoms with Crippen LogP contribution in [0.1, 0.15) is 50.0 Å². The Labute approximate surface area is 123 Å². The molecule has 4 nitrogen and oxygen atoms in total. The molecule has 0 radical (unpaired) electrons. The van der Waals surface area contributed by atoms with Crippen LogP contribution in [0, 0.1) is 5.92 Å². The lowest BCUT2D eigenvalue weighted by molar-refractivity contribution is -0.146. The molecule has 3 rings (SSSR count). The molecule has 2 aliphatic rings. The molecule has 1 saturated carbocycles. The summed E-state index contributed by atoms with van der Waals surface area (Å²) in [5.74, 6) is -0.845. The highest BCUT2D eigenvalue weighted by molar-refractivity contribution is 7.09. The molecule has 1 N–H and O–H groups in total. The van der Waals surface area contributed by atoms with Crippen LogP contribution in [0.4, 0.5) is 0 Å². The fourth-order valence-corrected chi connectivity index (χ4v) is 4.49. The first-order chi connectivity index (χ1) is 9.70. The van der Waals surface area contributed by atoms with Gasteiger partial charge in [-0.15, -0.1) is 11.3 Å². The Morgan fingerprint density at radius 1 is 1.40 bits per heavy atom. The van der Waals surface area contributed by atoms with Crippen LogP contribution in [0.25, 0.3) is 0 Å². The van der Waals surface area contributed by atoms with Crippen LogP contribution in [0.5, 0.6) is 0 Å². The van der Waals surface area contributed by atoms with Crippen molar-refractivity contribution in [3.8, 4) is 0 Å². The third-order valence-electron chi connectivity index (χ3n) is 5.01. The summed E-state index contributed by atoms with van der Waals surface area (Å²) in [5.41, 5.74) is 0.246. The maximum absolute atomic E-state index is 11.3. The van der Waals surface area contributed by atoms with Gasteiger partial charge in [-0.3, -0.25) is 9.69 Å². The van der Waals surface area contributed by atoms with E-state index in [4.69, 9.17) is 0 Å². The average molecular weight is 294 g/mol. The van der Waals surface area contributed by atoms with E-state index in [2.05, 4.69) is 9.88 Å². The summed E-state index contributed by atoms with van der Waals surface area (Å²) in [7, 11) is 0. The summed E-state index contributed by atoms with van der Waals surface area (Å²) >= 11 is 1.67. The first kappa shape index (κ1) is 14.0. The van der Waals surface area contributed by atoms with E-state index in [-0.39, 0.29) is 11.5 Å². The van der Waals surface area contributed by atoms with Crippen molar-refractivity contribution in [1.82, 2.24) is 9.88 Å². The van der Waals surface area contributed by atoms with Gasteiger partial charge in [0, 0.05) is 23.7 Å². The van der Waals surface area contributed by atoms with Gasteiger partial charge in [-0.2, -0.15) is 0 Å². The summed E-state index contributed by atoms with van der Waals surface area (Å²) in [6.45, 7) is 1.51. The topological polar surface area (TPSA) is 53.4 Å². The molecule has 1 atom stereocenters. The number of carboxylic acids is 1. The van der Waals surface area contributed by atoms with Crippen molar-refractivity contribution in [3.05, 3.63) is 16.6 Å². The lowest BCUT2D eigenvalue weighted by Crippen LogP contribution is -2.55. The maximum atomic E-state index is 11.3. The molecular weight excluding hydrogens is 272 g/mol. The normalized spacial score (nSPS) is 26.7. The minimum atomic E-state index is -0.639. The molecule has 2 fully saturated rings. The van der Waals surface area contributed by atoms with Crippen LogP contribution in [0.3, 0.4) is 0 Å². The van der Waals surface area contributed by atoms with Crippen molar-refractivity contribution in [3.63, 3.8) is 0 Å². The largest absolute Gasteiger partial charge is 0.481 e. The third kappa shape index (κ3) is 2.74. The zero-order valence-electron chi connectivity index (χ0n) is 11.8. The lowest BCUT2D eigenvalue weighted by Gasteiger charge is -2.51. The number of aliphatic carboxylic acids is 1. The quantitative estimate of drug-likeness (QED) is 0.930. The van der Waals surface area contributed by atoms with Gasteiger partial charge in [-0.25, -0.2) is 4.98 Å². The zero-order valence-corrected chi connectivity index (χ0v) is 12.6. The molecule has 0 amide bonds. The van der Waals surface area contributed by atoms with Crippen molar-refractivity contribution in [2.75, 3.05) is 6.54 Å². The smallest absolute Gasteiger partial charge is 0.307 e. The van der Waals surface area contributed by atoms with Gasteiger partial charge in [0.1, 0.15) is 5.01 Å². The highest BCUT2D eigenvalue weighted by atomic mass is 32.1. The number of hydrogen-bond acceptors (Lipinski definition) is 4. The van der Waals surface area contributed by atoms with Crippen LogP contribution in [0.2, 0.25) is 0 Å². The molecule has 1 spiro atoms. The molecule has 2 heterocycles. The van der Waals surface area contributed by atoms with E-state index in [1.807, 2.05) is 11.6 Å². The second-order valence-electron chi connectivity index (χ2n) is 6.17. The summed E-state index contributed by atoms with van der Waals surface area (Å²) < 4.78 is 0. The van der Waals surface area contributed by atoms with E-state index in [0.29, 0.717) is 6.54 Å². The van der Waals surface area contributed by atoms with Crippen LogP contribution in [-0.2, 0) is 11.3 Å². The first-order valence-corrected chi connectivity index (χ1v) is 8.44. The Morgan fingerprint density at radius 3 is 2.85 bits per heavy atom. The molecule has 1 aromatic heterocycles. The zero-order chi connectivity index (χ0) is 14.0. The Hall–Kier alpha value is -0.940. The predicted molar refractivity (Wildman–Crippen MR) is 78.7 cm³/mol. The number of rotatable bonds is 3. The van der Waals surface area contributed by atoms with Crippen molar-refractivity contribution in [2.45, 2.75) is 57.0 Å².